The van der Waals surface area contributed by atoms with Gasteiger partial charge < -0.3 is 14.9 Å². The molecule has 0 atom stereocenters. The van der Waals surface area contributed by atoms with E-state index in [-0.39, 0.29) is 0 Å². The number of benzene rings is 3. The lowest BCUT2D eigenvalue weighted by atomic mass is 9.95. The molecule has 1 aliphatic heterocycles. The Labute approximate surface area is 207 Å². The molecule has 0 unspecified atom stereocenters. The third-order valence-electron chi connectivity index (χ3n) is 6.51. The highest BCUT2D eigenvalue weighted by Crippen LogP contribution is 2.40. The zero-order valence-corrected chi connectivity index (χ0v) is 19.8. The topological polar surface area (TPSA) is 84.6 Å². The SMILES string of the molecule is CN(C)c1ccc(/C=N/N2C(=O)C(c3c[nH]c4ccccc34)=C(c3c[nH]c4ccccc34)C2=O)cc1. The molecule has 7 heteroatoms. The monoisotopic (exact) mass is 473 g/mol. The van der Waals surface area contributed by atoms with Crippen molar-refractivity contribution in [1.82, 2.24) is 15.0 Å². The first-order valence-electron chi connectivity index (χ1n) is 11.6. The second-order valence-electron chi connectivity index (χ2n) is 8.90. The van der Waals surface area contributed by atoms with Crippen molar-refractivity contribution in [1.29, 1.82) is 0 Å². The lowest BCUT2D eigenvalue weighted by Gasteiger charge is -2.12. The van der Waals surface area contributed by atoms with Crippen molar-refractivity contribution in [3.8, 4) is 0 Å². The van der Waals surface area contributed by atoms with Gasteiger partial charge in [-0.3, -0.25) is 9.59 Å². The lowest BCUT2D eigenvalue weighted by molar-refractivity contribution is -0.135. The summed E-state index contributed by atoms with van der Waals surface area (Å²) in [6.07, 6.45) is 5.11. The Hall–Kier alpha value is -4.91. The number of hydrazone groups is 1. The number of amides is 2. The van der Waals surface area contributed by atoms with E-state index in [1.54, 1.807) is 18.6 Å². The highest BCUT2D eigenvalue weighted by molar-refractivity contribution is 6.50. The third-order valence-corrected chi connectivity index (χ3v) is 6.51. The van der Waals surface area contributed by atoms with Crippen LogP contribution in [0.1, 0.15) is 16.7 Å². The Morgan fingerprint density at radius 1 is 0.722 bits per heavy atom. The van der Waals surface area contributed by atoms with Gasteiger partial charge in [-0.1, -0.05) is 48.5 Å². The molecule has 0 saturated carbocycles. The van der Waals surface area contributed by atoms with Crippen molar-refractivity contribution in [2.45, 2.75) is 0 Å². The maximum absolute atomic E-state index is 13.8. The molecule has 3 aromatic carbocycles. The van der Waals surface area contributed by atoms with E-state index in [1.807, 2.05) is 91.8 Å². The number of aromatic amines is 2. The minimum atomic E-state index is -0.453. The number of para-hydroxylation sites is 2. The molecule has 0 fully saturated rings. The number of imide groups is 1. The van der Waals surface area contributed by atoms with Gasteiger partial charge in [0.1, 0.15) is 0 Å². The van der Waals surface area contributed by atoms with Crippen LogP contribution < -0.4 is 4.90 Å². The van der Waals surface area contributed by atoms with Gasteiger partial charge in [0.25, 0.3) is 11.8 Å². The van der Waals surface area contributed by atoms with Crippen molar-refractivity contribution < 1.29 is 9.59 Å². The Morgan fingerprint density at radius 2 is 1.22 bits per heavy atom. The summed E-state index contributed by atoms with van der Waals surface area (Å²) in [7, 11) is 3.93. The van der Waals surface area contributed by atoms with Crippen molar-refractivity contribution >= 4 is 56.7 Å². The van der Waals surface area contributed by atoms with E-state index < -0.39 is 11.8 Å². The van der Waals surface area contributed by atoms with Crippen molar-refractivity contribution in [2.75, 3.05) is 19.0 Å². The molecule has 2 aromatic heterocycles. The summed E-state index contributed by atoms with van der Waals surface area (Å²) < 4.78 is 0. The van der Waals surface area contributed by atoms with Gasteiger partial charge in [0.05, 0.1) is 17.4 Å². The van der Waals surface area contributed by atoms with Gasteiger partial charge in [-0.25, -0.2) is 0 Å². The van der Waals surface area contributed by atoms with Gasteiger partial charge in [0.2, 0.25) is 0 Å². The average Bonchev–Trinajstić information content (AvgIpc) is 3.57. The Balaban J connectivity index is 1.48. The first kappa shape index (κ1) is 21.6. The molecular formula is C29H23N5O2. The van der Waals surface area contributed by atoms with Crippen LogP contribution in [-0.2, 0) is 9.59 Å². The molecule has 3 heterocycles. The molecular weight excluding hydrogens is 450 g/mol. The minimum absolute atomic E-state index is 0.335. The fourth-order valence-corrected chi connectivity index (χ4v) is 4.66. The molecule has 7 nitrogen and oxygen atoms in total. The molecule has 0 bridgehead atoms. The summed E-state index contributed by atoms with van der Waals surface area (Å²) in [6.45, 7) is 0. The molecule has 176 valence electrons. The number of hydrogen-bond donors (Lipinski definition) is 2. The van der Waals surface area contributed by atoms with Crippen molar-refractivity contribution in [3.05, 3.63) is 102 Å². The number of H-pyrrole nitrogens is 2. The minimum Gasteiger partial charge on any atom is -0.378 e. The van der Waals surface area contributed by atoms with Gasteiger partial charge >= 0.3 is 0 Å². The molecule has 2 amide bonds. The predicted molar refractivity (Wildman–Crippen MR) is 144 cm³/mol. The first-order chi connectivity index (χ1) is 17.5. The van der Waals surface area contributed by atoms with E-state index in [1.165, 1.54) is 0 Å². The smallest absolute Gasteiger partial charge is 0.283 e. The van der Waals surface area contributed by atoms with E-state index in [2.05, 4.69) is 15.1 Å². The van der Waals surface area contributed by atoms with Crippen LogP contribution in [0.5, 0.6) is 0 Å². The van der Waals surface area contributed by atoms with Gasteiger partial charge in [-0.05, 0) is 29.8 Å². The Kier molecular flexibility index (Phi) is 5.04. The molecule has 0 aliphatic carbocycles. The van der Waals surface area contributed by atoms with Crippen LogP contribution in [-0.4, -0.2) is 47.1 Å². The largest absolute Gasteiger partial charge is 0.378 e. The van der Waals surface area contributed by atoms with Crippen LogP contribution in [0.4, 0.5) is 5.69 Å². The van der Waals surface area contributed by atoms with Crippen molar-refractivity contribution in [2.24, 2.45) is 5.10 Å². The Bertz CT molecular complexity index is 1610. The number of carbonyl (C=O) groups excluding carboxylic acids is 2. The number of fused-ring (bicyclic) bond motifs is 2. The number of rotatable bonds is 5. The number of nitrogens with one attached hydrogen (secondary N) is 2. The standard InChI is InChI=1S/C29H23N5O2/c1-33(2)19-13-11-18(12-14-19)15-32-34-28(35)26(22-16-30-24-9-5-3-7-20(22)24)27(29(34)36)23-17-31-25-10-6-4-8-21(23)25/h3-17,30-31H,1-2H3/b32-15+. The van der Waals surface area contributed by atoms with E-state index in [9.17, 15) is 9.59 Å². The molecule has 5 aromatic rings. The molecule has 0 spiro atoms. The molecule has 0 radical (unpaired) electrons. The van der Waals surface area contributed by atoms with Crippen LogP contribution in [0.25, 0.3) is 33.0 Å². The number of aromatic nitrogens is 2. The number of carbonyl (C=O) groups is 2. The summed E-state index contributed by atoms with van der Waals surface area (Å²) in [5, 5.41) is 7.05. The third kappa shape index (κ3) is 3.41. The van der Waals surface area contributed by atoms with Crippen molar-refractivity contribution in [3.63, 3.8) is 0 Å². The molecule has 2 N–H and O–H groups in total. The lowest BCUT2D eigenvalue weighted by Crippen LogP contribution is -2.26. The van der Waals surface area contributed by atoms with E-state index >= 15 is 0 Å². The zero-order chi connectivity index (χ0) is 24.8. The van der Waals surface area contributed by atoms with Crippen LogP contribution in [0.3, 0.4) is 0 Å². The average molecular weight is 474 g/mol. The fraction of sp³-hybridized carbons (Fsp3) is 0.0690. The van der Waals surface area contributed by atoms with E-state index in [4.69, 9.17) is 0 Å². The van der Waals surface area contributed by atoms with Crippen LogP contribution >= 0.6 is 0 Å². The summed E-state index contributed by atoms with van der Waals surface area (Å²) in [5.41, 5.74) is 5.64. The molecule has 36 heavy (non-hydrogen) atoms. The maximum atomic E-state index is 13.8. The summed E-state index contributed by atoms with van der Waals surface area (Å²) in [4.78, 5) is 36.0. The summed E-state index contributed by atoms with van der Waals surface area (Å²) in [6, 6.07) is 23.2. The Morgan fingerprint density at radius 3 is 1.72 bits per heavy atom. The zero-order valence-electron chi connectivity index (χ0n) is 19.8. The summed E-state index contributed by atoms with van der Waals surface area (Å²) in [5.74, 6) is -0.905. The van der Waals surface area contributed by atoms with E-state index in [0.717, 1.165) is 38.1 Å². The van der Waals surface area contributed by atoms with Gasteiger partial charge in [-0.15, -0.1) is 0 Å². The van der Waals surface area contributed by atoms with Gasteiger partial charge in [-0.2, -0.15) is 10.1 Å². The van der Waals surface area contributed by atoms with Gasteiger partial charge in [0.15, 0.2) is 0 Å². The first-order valence-corrected chi connectivity index (χ1v) is 11.6. The highest BCUT2D eigenvalue weighted by atomic mass is 16.2. The van der Waals surface area contributed by atoms with E-state index in [0.29, 0.717) is 22.3 Å². The number of hydrogen-bond acceptors (Lipinski definition) is 4. The van der Waals surface area contributed by atoms with Crippen LogP contribution in [0, 0.1) is 0 Å². The van der Waals surface area contributed by atoms with Crippen LogP contribution in [0.2, 0.25) is 0 Å². The number of nitrogens with zero attached hydrogens (tertiary/aromatic N) is 3. The quantitative estimate of drug-likeness (QED) is 0.277. The second-order valence-corrected chi connectivity index (χ2v) is 8.90. The normalized spacial score (nSPS) is 14.2. The predicted octanol–water partition coefficient (Wildman–Crippen LogP) is 5.03. The summed E-state index contributed by atoms with van der Waals surface area (Å²) >= 11 is 0. The fourth-order valence-electron chi connectivity index (χ4n) is 4.66. The molecule has 6 rings (SSSR count). The molecule has 0 saturated heterocycles. The maximum Gasteiger partial charge on any atom is 0.283 e. The number of anilines is 1. The highest BCUT2D eigenvalue weighted by Gasteiger charge is 2.41. The van der Waals surface area contributed by atoms with Gasteiger partial charge in [0, 0.05) is 65.1 Å². The van der Waals surface area contributed by atoms with Crippen LogP contribution in [0.15, 0.2) is 90.3 Å². The molecule has 1 aliphatic rings. The second kappa shape index (κ2) is 8.39.